The Hall–Kier alpha value is -1.18. The van der Waals surface area contributed by atoms with Crippen LogP contribution in [0.2, 0.25) is 10.0 Å². The molecule has 5 N–H and O–H groups in total. The third-order valence-corrected chi connectivity index (χ3v) is 5.35. The number of hydrazine groups is 1. The fourth-order valence-electron chi connectivity index (χ4n) is 3.03. The molecular formula is C15H22Cl2N6. The fourth-order valence-corrected chi connectivity index (χ4v) is 3.43. The molecule has 0 radical (unpaired) electrons. The number of rotatable bonds is 2. The normalized spacial score (nSPS) is 26.8. The van der Waals surface area contributed by atoms with E-state index < -0.39 is 5.79 Å². The summed E-state index contributed by atoms with van der Waals surface area (Å²) in [4.78, 5) is 2.35. The molecular weight excluding hydrogens is 335 g/mol. The lowest BCUT2D eigenvalue weighted by Crippen LogP contribution is -2.73. The fraction of sp³-hybridized carbons (Fsp3) is 0.467. The van der Waals surface area contributed by atoms with Gasteiger partial charge in [-0.3, -0.25) is 4.90 Å². The Kier molecular flexibility index (Phi) is 4.62. The Morgan fingerprint density at radius 2 is 1.91 bits per heavy atom. The van der Waals surface area contributed by atoms with Crippen LogP contribution in [-0.2, 0) is 0 Å². The molecule has 1 fully saturated rings. The van der Waals surface area contributed by atoms with Crippen LogP contribution in [0, 0.1) is 0 Å². The monoisotopic (exact) mass is 356 g/mol. The van der Waals surface area contributed by atoms with Gasteiger partial charge in [-0.2, -0.15) is 5.01 Å². The highest BCUT2D eigenvalue weighted by Gasteiger charge is 2.41. The maximum Gasteiger partial charge on any atom is 0.163 e. The number of hydrogen-bond acceptors (Lipinski definition) is 6. The van der Waals surface area contributed by atoms with Crippen molar-refractivity contribution in [1.82, 2.24) is 26.0 Å². The van der Waals surface area contributed by atoms with Crippen molar-refractivity contribution in [3.63, 3.8) is 0 Å². The second-order valence-electron chi connectivity index (χ2n) is 5.94. The Morgan fingerprint density at radius 3 is 2.61 bits per heavy atom. The molecule has 3 rings (SSSR count). The summed E-state index contributed by atoms with van der Waals surface area (Å²) in [5.41, 5.74) is 11.2. The third kappa shape index (κ3) is 2.97. The molecule has 0 aliphatic carbocycles. The van der Waals surface area contributed by atoms with E-state index in [9.17, 15) is 0 Å². The van der Waals surface area contributed by atoms with Crippen LogP contribution in [0.1, 0.15) is 12.5 Å². The van der Waals surface area contributed by atoms with Crippen molar-refractivity contribution in [1.29, 1.82) is 0 Å². The topological polar surface area (TPSA) is 68.6 Å². The van der Waals surface area contributed by atoms with E-state index in [4.69, 9.17) is 28.9 Å². The molecule has 1 atom stereocenters. The van der Waals surface area contributed by atoms with Gasteiger partial charge < -0.3 is 21.8 Å². The van der Waals surface area contributed by atoms with E-state index in [1.165, 1.54) is 0 Å². The van der Waals surface area contributed by atoms with Crippen LogP contribution in [0.4, 0.5) is 0 Å². The summed E-state index contributed by atoms with van der Waals surface area (Å²) in [6.45, 7) is 5.91. The summed E-state index contributed by atoms with van der Waals surface area (Å²) in [5.74, 6) is 0.133. The highest BCUT2D eigenvalue weighted by atomic mass is 35.5. The van der Waals surface area contributed by atoms with Crippen LogP contribution in [0.25, 0.3) is 5.70 Å². The van der Waals surface area contributed by atoms with Gasteiger partial charge in [0.1, 0.15) is 5.82 Å². The van der Waals surface area contributed by atoms with Gasteiger partial charge in [0.15, 0.2) is 5.79 Å². The first kappa shape index (κ1) is 16.7. The Balaban J connectivity index is 1.93. The summed E-state index contributed by atoms with van der Waals surface area (Å²) in [6, 6.07) is 5.51. The number of halogens is 2. The zero-order chi connectivity index (χ0) is 16.6. The van der Waals surface area contributed by atoms with Crippen molar-refractivity contribution in [2.24, 2.45) is 5.73 Å². The zero-order valence-electron chi connectivity index (χ0n) is 13.3. The van der Waals surface area contributed by atoms with Gasteiger partial charge in [0.25, 0.3) is 0 Å². The Bertz CT molecular complexity index is 628. The lowest BCUT2D eigenvalue weighted by Gasteiger charge is -2.52. The van der Waals surface area contributed by atoms with E-state index in [1.807, 2.05) is 24.2 Å². The highest BCUT2D eigenvalue weighted by molar-refractivity contribution is 6.43. The molecule has 0 aromatic heterocycles. The van der Waals surface area contributed by atoms with Gasteiger partial charge in [-0.1, -0.05) is 35.3 Å². The van der Waals surface area contributed by atoms with Crippen LogP contribution in [0.15, 0.2) is 24.0 Å². The summed E-state index contributed by atoms with van der Waals surface area (Å²) in [5, 5.41) is 9.79. The highest BCUT2D eigenvalue weighted by Crippen LogP contribution is 2.32. The van der Waals surface area contributed by atoms with E-state index in [2.05, 4.69) is 27.9 Å². The molecule has 0 saturated carbocycles. The average molecular weight is 357 g/mol. The van der Waals surface area contributed by atoms with Crippen LogP contribution in [-0.4, -0.2) is 48.9 Å². The van der Waals surface area contributed by atoms with Gasteiger partial charge in [0.05, 0.1) is 15.7 Å². The van der Waals surface area contributed by atoms with Gasteiger partial charge in [-0.05, 0) is 13.0 Å². The van der Waals surface area contributed by atoms with Crippen LogP contribution in [0.5, 0.6) is 0 Å². The number of hydrogen-bond donors (Lipinski definition) is 4. The van der Waals surface area contributed by atoms with E-state index in [1.54, 1.807) is 6.07 Å². The van der Waals surface area contributed by atoms with Crippen LogP contribution >= 0.6 is 23.2 Å². The smallest absolute Gasteiger partial charge is 0.163 e. The van der Waals surface area contributed by atoms with Crippen LogP contribution in [0.3, 0.4) is 0 Å². The van der Waals surface area contributed by atoms with Crippen molar-refractivity contribution < 1.29 is 0 Å². The maximum atomic E-state index is 6.33. The van der Waals surface area contributed by atoms with Gasteiger partial charge in [-0.15, -0.1) is 0 Å². The molecule has 1 unspecified atom stereocenters. The van der Waals surface area contributed by atoms with Crippen molar-refractivity contribution in [3.05, 3.63) is 39.6 Å². The average Bonchev–Trinajstić information content (AvgIpc) is 2.55. The molecule has 0 amide bonds. The molecule has 2 aliphatic heterocycles. The van der Waals surface area contributed by atoms with Crippen molar-refractivity contribution in [2.75, 3.05) is 33.2 Å². The van der Waals surface area contributed by atoms with E-state index in [0.29, 0.717) is 15.9 Å². The van der Waals surface area contributed by atoms with E-state index in [0.717, 1.165) is 37.4 Å². The first-order chi connectivity index (χ1) is 10.9. The van der Waals surface area contributed by atoms with Gasteiger partial charge >= 0.3 is 0 Å². The first-order valence-electron chi connectivity index (χ1n) is 7.62. The molecule has 0 bridgehead atoms. The summed E-state index contributed by atoms with van der Waals surface area (Å²) < 4.78 is 0. The molecule has 6 nitrogen and oxygen atoms in total. The van der Waals surface area contributed by atoms with Gasteiger partial charge in [-0.25, -0.2) is 0 Å². The van der Waals surface area contributed by atoms with Crippen molar-refractivity contribution in [2.45, 2.75) is 12.7 Å². The molecule has 2 aliphatic rings. The zero-order valence-corrected chi connectivity index (χ0v) is 14.8. The lowest BCUT2D eigenvalue weighted by molar-refractivity contribution is -0.0810. The molecule has 1 saturated heterocycles. The number of nitrogens with one attached hydrogen (secondary N) is 3. The standard InChI is InChI=1S/C15H22Cl2N6/c1-15(23-8-6-19-7-9-23)20-14(18)13(21-22(15)2)10-4-3-5-11(16)12(10)17/h3-5,19-21H,6-9,18H2,1-2H3. The summed E-state index contributed by atoms with van der Waals surface area (Å²) in [7, 11) is 1.99. The minimum Gasteiger partial charge on any atom is -0.384 e. The lowest BCUT2D eigenvalue weighted by atomic mass is 10.1. The molecule has 1 aromatic rings. The number of nitrogens with zero attached hydrogens (tertiary/aromatic N) is 2. The SMILES string of the molecule is CN1NC(c2cccc(Cl)c2Cl)=C(N)NC1(C)N1CCNCC1. The second kappa shape index (κ2) is 6.37. The predicted octanol–water partition coefficient (Wildman–Crippen LogP) is 1.20. The van der Waals surface area contributed by atoms with Crippen molar-refractivity contribution in [3.8, 4) is 0 Å². The van der Waals surface area contributed by atoms with Gasteiger partial charge in [0.2, 0.25) is 0 Å². The molecule has 8 heteroatoms. The molecule has 23 heavy (non-hydrogen) atoms. The first-order valence-corrected chi connectivity index (χ1v) is 8.37. The predicted molar refractivity (Wildman–Crippen MR) is 94.5 cm³/mol. The molecule has 2 heterocycles. The number of nitrogens with two attached hydrogens (primary N) is 1. The number of piperazine rings is 1. The minimum absolute atomic E-state index is 0.416. The molecule has 126 valence electrons. The summed E-state index contributed by atoms with van der Waals surface area (Å²) >= 11 is 12.5. The second-order valence-corrected chi connectivity index (χ2v) is 6.73. The van der Waals surface area contributed by atoms with Crippen LogP contribution < -0.4 is 21.8 Å². The Morgan fingerprint density at radius 1 is 1.22 bits per heavy atom. The molecule has 0 spiro atoms. The summed E-state index contributed by atoms with van der Waals surface area (Å²) in [6.07, 6.45) is 0. The quantitative estimate of drug-likeness (QED) is 0.638. The molecule has 1 aromatic carbocycles. The minimum atomic E-state index is -0.416. The maximum absolute atomic E-state index is 6.33. The third-order valence-electron chi connectivity index (χ3n) is 4.53. The Labute approximate surface area is 146 Å². The largest absolute Gasteiger partial charge is 0.384 e. The van der Waals surface area contributed by atoms with E-state index in [-0.39, 0.29) is 0 Å². The van der Waals surface area contributed by atoms with Crippen molar-refractivity contribution >= 4 is 28.9 Å². The van der Waals surface area contributed by atoms with Gasteiger partial charge in [0, 0.05) is 38.8 Å². The van der Waals surface area contributed by atoms with E-state index >= 15 is 0 Å². The number of benzene rings is 1.